The Labute approximate surface area is 187 Å². The number of benzene rings is 1. The van der Waals surface area contributed by atoms with Gasteiger partial charge in [-0.2, -0.15) is 16.5 Å². The molecule has 0 saturated heterocycles. The van der Waals surface area contributed by atoms with E-state index in [4.69, 9.17) is 0 Å². The molecule has 31 heavy (non-hydrogen) atoms. The van der Waals surface area contributed by atoms with Crippen LogP contribution < -0.4 is 15.4 Å². The number of nitrogens with zero attached hydrogens (tertiary/aromatic N) is 1. The van der Waals surface area contributed by atoms with Gasteiger partial charge in [-0.1, -0.05) is 17.7 Å². The number of rotatable bonds is 12. The summed E-state index contributed by atoms with van der Waals surface area (Å²) in [4.78, 5) is 28.6. The molecule has 2 rings (SSSR count). The summed E-state index contributed by atoms with van der Waals surface area (Å²) in [7, 11) is -3.84. The minimum Gasteiger partial charge on any atom is -0.354 e. The van der Waals surface area contributed by atoms with E-state index in [0.29, 0.717) is 18.7 Å². The molecule has 2 amide bonds. The van der Waals surface area contributed by atoms with Gasteiger partial charge in [0.05, 0.1) is 4.90 Å². The third kappa shape index (κ3) is 8.68. The molecule has 168 valence electrons. The lowest BCUT2D eigenvalue weighted by molar-refractivity contribution is -0.123. The molecule has 1 atom stereocenters. The van der Waals surface area contributed by atoms with Crippen LogP contribution in [0.2, 0.25) is 0 Å². The van der Waals surface area contributed by atoms with Crippen molar-refractivity contribution in [2.75, 3.05) is 18.6 Å². The summed E-state index contributed by atoms with van der Waals surface area (Å²) >= 11 is 1.52. The molecule has 1 heterocycles. The fourth-order valence-corrected chi connectivity index (χ4v) is 4.37. The largest absolute Gasteiger partial charge is 0.354 e. The van der Waals surface area contributed by atoms with Gasteiger partial charge in [-0.05, 0) is 55.2 Å². The van der Waals surface area contributed by atoms with Gasteiger partial charge in [-0.25, -0.2) is 8.42 Å². The Morgan fingerprint density at radius 3 is 2.39 bits per heavy atom. The lowest BCUT2D eigenvalue weighted by Gasteiger charge is -2.18. The van der Waals surface area contributed by atoms with Crippen molar-refractivity contribution in [3.05, 3.63) is 59.9 Å². The van der Waals surface area contributed by atoms with Gasteiger partial charge in [-0.3, -0.25) is 14.6 Å². The number of hydrogen-bond donors (Lipinski definition) is 3. The lowest BCUT2D eigenvalue weighted by Crippen LogP contribution is -2.47. The summed E-state index contributed by atoms with van der Waals surface area (Å²) in [5, 5.41) is 5.43. The number of aromatic nitrogens is 1. The molecule has 10 heteroatoms. The van der Waals surface area contributed by atoms with Gasteiger partial charge in [0.1, 0.15) is 6.04 Å². The first-order valence-corrected chi connectivity index (χ1v) is 12.7. The predicted octanol–water partition coefficient (Wildman–Crippen LogP) is 1.61. The topological polar surface area (TPSA) is 117 Å². The van der Waals surface area contributed by atoms with Crippen molar-refractivity contribution in [2.45, 2.75) is 37.2 Å². The van der Waals surface area contributed by atoms with Gasteiger partial charge in [-0.15, -0.1) is 0 Å². The lowest BCUT2D eigenvalue weighted by atomic mass is 10.2. The van der Waals surface area contributed by atoms with Crippen LogP contribution in [-0.4, -0.2) is 49.8 Å². The van der Waals surface area contributed by atoms with Gasteiger partial charge < -0.3 is 10.6 Å². The summed E-state index contributed by atoms with van der Waals surface area (Å²) in [6.45, 7) is 2.36. The second kappa shape index (κ2) is 12.4. The fourth-order valence-electron chi connectivity index (χ4n) is 2.66. The summed E-state index contributed by atoms with van der Waals surface area (Å²) in [5.74, 6) is -0.0503. The van der Waals surface area contributed by atoms with Crippen LogP contribution in [0.5, 0.6) is 0 Å². The SMILES string of the molecule is CSCCC(NS(=O)(=O)c1ccc(C)cc1)C(=O)NCCC(=O)NCc1ccncc1. The molecule has 1 unspecified atom stereocenters. The van der Waals surface area contributed by atoms with E-state index in [9.17, 15) is 18.0 Å². The standard InChI is InChI=1S/C21H28N4O4S2/c1-16-3-5-18(6-4-16)31(28,29)25-19(10-14-30-2)21(27)23-13-9-20(26)24-15-17-7-11-22-12-8-17/h3-8,11-12,19,25H,9-10,13-15H2,1-2H3,(H,23,27)(H,24,26). The first-order chi connectivity index (χ1) is 14.8. The highest BCUT2D eigenvalue weighted by molar-refractivity contribution is 7.98. The Balaban J connectivity index is 1.87. The number of thioether (sulfide) groups is 1. The third-order valence-electron chi connectivity index (χ3n) is 4.45. The highest BCUT2D eigenvalue weighted by Gasteiger charge is 2.25. The Morgan fingerprint density at radius 1 is 1.06 bits per heavy atom. The Bertz CT molecular complexity index is 951. The van der Waals surface area contributed by atoms with E-state index in [1.54, 1.807) is 36.7 Å². The second-order valence-corrected chi connectivity index (χ2v) is 9.64. The molecular weight excluding hydrogens is 436 g/mol. The van der Waals surface area contributed by atoms with Gasteiger partial charge in [0.2, 0.25) is 21.8 Å². The van der Waals surface area contributed by atoms with Gasteiger partial charge in [0.25, 0.3) is 0 Å². The molecule has 0 aliphatic rings. The van der Waals surface area contributed by atoms with Crippen LogP contribution in [0.3, 0.4) is 0 Å². The highest BCUT2D eigenvalue weighted by atomic mass is 32.2. The number of amides is 2. The average Bonchev–Trinajstić information content (AvgIpc) is 2.76. The van der Waals surface area contributed by atoms with Gasteiger partial charge in [0, 0.05) is 31.9 Å². The molecule has 1 aromatic heterocycles. The molecule has 0 spiro atoms. The van der Waals surface area contributed by atoms with Crippen molar-refractivity contribution in [3.8, 4) is 0 Å². The smallest absolute Gasteiger partial charge is 0.241 e. The van der Waals surface area contributed by atoms with Crippen LogP contribution in [0, 0.1) is 6.92 Å². The van der Waals surface area contributed by atoms with E-state index < -0.39 is 22.0 Å². The monoisotopic (exact) mass is 464 g/mol. The van der Waals surface area contributed by atoms with Gasteiger partial charge >= 0.3 is 0 Å². The number of aryl methyl sites for hydroxylation is 1. The van der Waals surface area contributed by atoms with Crippen LogP contribution in [0.1, 0.15) is 24.0 Å². The maximum absolute atomic E-state index is 12.7. The molecule has 0 fully saturated rings. The Kier molecular flexibility index (Phi) is 9.96. The van der Waals surface area contributed by atoms with Crippen LogP contribution >= 0.6 is 11.8 Å². The molecule has 8 nitrogen and oxygen atoms in total. The van der Waals surface area contributed by atoms with E-state index in [2.05, 4.69) is 20.3 Å². The molecule has 0 saturated carbocycles. The first-order valence-electron chi connectivity index (χ1n) is 9.83. The number of carbonyl (C=O) groups excluding carboxylic acids is 2. The maximum Gasteiger partial charge on any atom is 0.241 e. The quantitative estimate of drug-likeness (QED) is 0.439. The third-order valence-corrected chi connectivity index (χ3v) is 6.58. The molecule has 0 aliphatic heterocycles. The molecule has 0 aliphatic carbocycles. The summed E-state index contributed by atoms with van der Waals surface area (Å²) in [5.41, 5.74) is 1.87. The fraction of sp³-hybridized carbons (Fsp3) is 0.381. The zero-order chi connectivity index (χ0) is 22.7. The normalized spacial score (nSPS) is 12.2. The average molecular weight is 465 g/mol. The van der Waals surface area contributed by atoms with Crippen LogP contribution in [0.15, 0.2) is 53.7 Å². The first kappa shape index (κ1) is 24.8. The van der Waals surface area contributed by atoms with Crippen molar-refractivity contribution < 1.29 is 18.0 Å². The molecule has 0 bridgehead atoms. The second-order valence-electron chi connectivity index (χ2n) is 6.94. The maximum atomic E-state index is 12.7. The Morgan fingerprint density at radius 2 is 1.74 bits per heavy atom. The van der Waals surface area contributed by atoms with Crippen LogP contribution in [0.25, 0.3) is 0 Å². The van der Waals surface area contributed by atoms with E-state index in [1.807, 2.05) is 13.2 Å². The minimum atomic E-state index is -3.84. The molecule has 3 N–H and O–H groups in total. The molecular formula is C21H28N4O4S2. The molecule has 1 aromatic carbocycles. The van der Waals surface area contributed by atoms with Crippen molar-refractivity contribution in [3.63, 3.8) is 0 Å². The number of hydrogen-bond acceptors (Lipinski definition) is 6. The van der Waals surface area contributed by atoms with E-state index in [-0.39, 0.29) is 23.8 Å². The summed E-state index contributed by atoms with van der Waals surface area (Å²) in [6.07, 6.45) is 5.61. The van der Waals surface area contributed by atoms with Crippen molar-refractivity contribution >= 4 is 33.6 Å². The predicted molar refractivity (Wildman–Crippen MR) is 122 cm³/mol. The number of sulfonamides is 1. The van der Waals surface area contributed by atoms with Crippen LogP contribution in [-0.2, 0) is 26.2 Å². The van der Waals surface area contributed by atoms with Crippen molar-refractivity contribution in [2.24, 2.45) is 0 Å². The number of nitrogens with one attached hydrogen (secondary N) is 3. The van der Waals surface area contributed by atoms with E-state index in [1.165, 1.54) is 23.9 Å². The highest BCUT2D eigenvalue weighted by Crippen LogP contribution is 2.12. The summed E-state index contributed by atoms with van der Waals surface area (Å²) < 4.78 is 27.8. The van der Waals surface area contributed by atoms with Gasteiger partial charge in [0.15, 0.2) is 0 Å². The zero-order valence-corrected chi connectivity index (χ0v) is 19.3. The number of pyridine rings is 1. The Hall–Kier alpha value is -2.43. The van der Waals surface area contributed by atoms with E-state index >= 15 is 0 Å². The summed E-state index contributed by atoms with van der Waals surface area (Å²) in [6, 6.07) is 9.12. The molecule has 2 aromatic rings. The van der Waals surface area contributed by atoms with Crippen molar-refractivity contribution in [1.82, 2.24) is 20.3 Å². The molecule has 0 radical (unpaired) electrons. The minimum absolute atomic E-state index is 0.0940. The van der Waals surface area contributed by atoms with E-state index in [0.717, 1.165) is 11.1 Å². The number of carbonyl (C=O) groups is 2. The zero-order valence-electron chi connectivity index (χ0n) is 17.6. The van der Waals surface area contributed by atoms with Crippen molar-refractivity contribution in [1.29, 1.82) is 0 Å². The van der Waals surface area contributed by atoms with Crippen LogP contribution in [0.4, 0.5) is 0 Å².